The molecule has 2 aromatic heterocycles. The monoisotopic (exact) mass is 368 g/mol. The van der Waals surface area contributed by atoms with E-state index in [1.54, 1.807) is 12.5 Å². The summed E-state index contributed by atoms with van der Waals surface area (Å²) in [6.45, 7) is 2.35. The molecule has 0 radical (unpaired) electrons. The van der Waals surface area contributed by atoms with Crippen LogP contribution < -0.4 is 5.32 Å². The first kappa shape index (κ1) is 16.8. The smallest absolute Gasteiger partial charge is 0.157 e. The number of fused-ring (bicyclic) bond motifs is 3. The number of para-hydroxylation sites is 1. The van der Waals surface area contributed by atoms with Crippen LogP contribution in [0.5, 0.6) is 0 Å². The Hall–Kier alpha value is -2.67. The number of aromatic nitrogens is 3. The molecule has 4 rings (SSSR count). The molecule has 0 unspecified atom stereocenters. The second-order valence-electron chi connectivity index (χ2n) is 5.92. The highest BCUT2D eigenvalue weighted by atomic mass is 35.5. The van der Waals surface area contributed by atoms with E-state index in [4.69, 9.17) is 21.5 Å². The van der Waals surface area contributed by atoms with Crippen molar-refractivity contribution in [1.82, 2.24) is 14.4 Å². The first-order chi connectivity index (χ1) is 12.7. The first-order valence-corrected chi connectivity index (χ1v) is 8.47. The molecule has 1 N–H and O–H groups in total. The molecule has 0 amide bonds. The molecule has 2 heterocycles. The highest BCUT2D eigenvalue weighted by Gasteiger charge is 2.12. The van der Waals surface area contributed by atoms with Crippen LogP contribution in [0.4, 0.5) is 11.5 Å². The number of hydrogen-bond acceptors (Lipinski definition) is 5. The predicted molar refractivity (Wildman–Crippen MR) is 102 cm³/mol. The quantitative estimate of drug-likeness (QED) is 0.410. The Morgan fingerprint density at radius 1 is 1.19 bits per heavy atom. The van der Waals surface area contributed by atoms with Crippen molar-refractivity contribution in [2.75, 3.05) is 12.4 Å². The molecule has 0 aliphatic heterocycles. The molecule has 0 aliphatic carbocycles. The summed E-state index contributed by atoms with van der Waals surface area (Å²) in [4.78, 5) is 18.8. The van der Waals surface area contributed by atoms with E-state index in [-0.39, 0.29) is 0 Å². The van der Waals surface area contributed by atoms with Crippen molar-refractivity contribution in [2.24, 2.45) is 0 Å². The molecular weight excluding hydrogens is 352 g/mol. The summed E-state index contributed by atoms with van der Waals surface area (Å²) < 4.78 is 2.00. The second-order valence-corrected chi connectivity index (χ2v) is 6.33. The average molecular weight is 369 g/mol. The fraction of sp³-hybridized carbons (Fsp3) is 0.158. The lowest BCUT2D eigenvalue weighted by Gasteiger charge is -2.13. The third kappa shape index (κ3) is 2.99. The van der Waals surface area contributed by atoms with Crippen LogP contribution in [0.2, 0.25) is 5.02 Å². The number of hydrogen-bond donors (Lipinski definition) is 1. The fourth-order valence-electron chi connectivity index (χ4n) is 2.92. The summed E-state index contributed by atoms with van der Waals surface area (Å²) in [6, 6.07) is 11.7. The lowest BCUT2D eigenvalue weighted by atomic mass is 10.2. The molecule has 132 valence electrons. The van der Waals surface area contributed by atoms with Gasteiger partial charge in [0.1, 0.15) is 12.1 Å². The van der Waals surface area contributed by atoms with Gasteiger partial charge in [0.25, 0.3) is 0 Å². The van der Waals surface area contributed by atoms with Crippen LogP contribution in [-0.2, 0) is 16.4 Å². The zero-order chi connectivity index (χ0) is 18.1. The normalized spacial score (nSPS) is 11.3. The van der Waals surface area contributed by atoms with Crippen LogP contribution in [0.25, 0.3) is 16.6 Å². The topological polar surface area (TPSA) is 60.7 Å². The van der Waals surface area contributed by atoms with Gasteiger partial charge in [-0.05, 0) is 36.2 Å². The number of nitrogens with one attached hydrogen (secondary N) is 1. The molecule has 7 heteroatoms. The van der Waals surface area contributed by atoms with E-state index in [1.807, 2.05) is 47.7 Å². The number of imidazole rings is 1. The summed E-state index contributed by atoms with van der Waals surface area (Å²) in [5, 5.41) is 4.01. The van der Waals surface area contributed by atoms with Gasteiger partial charge in [-0.2, -0.15) is 0 Å². The van der Waals surface area contributed by atoms with Crippen molar-refractivity contribution < 1.29 is 9.78 Å². The maximum Gasteiger partial charge on any atom is 0.157 e. The Bertz CT molecular complexity index is 1070. The maximum atomic E-state index is 6.36. The minimum absolute atomic E-state index is 0.350. The second kappa shape index (κ2) is 6.92. The van der Waals surface area contributed by atoms with E-state index in [1.165, 1.54) is 7.11 Å². The average Bonchev–Trinajstić information content (AvgIpc) is 3.13. The van der Waals surface area contributed by atoms with E-state index in [9.17, 15) is 0 Å². The van der Waals surface area contributed by atoms with Gasteiger partial charge in [-0.15, -0.1) is 0 Å². The first-order valence-electron chi connectivity index (χ1n) is 8.10. The van der Waals surface area contributed by atoms with Crippen molar-refractivity contribution in [3.8, 4) is 0 Å². The van der Waals surface area contributed by atoms with Gasteiger partial charge in [0, 0.05) is 0 Å². The van der Waals surface area contributed by atoms with E-state index >= 15 is 0 Å². The van der Waals surface area contributed by atoms with Gasteiger partial charge < -0.3 is 5.32 Å². The molecule has 2 aromatic carbocycles. The van der Waals surface area contributed by atoms with E-state index in [2.05, 4.69) is 15.2 Å². The highest BCUT2D eigenvalue weighted by Crippen LogP contribution is 2.31. The van der Waals surface area contributed by atoms with Crippen LogP contribution >= 0.6 is 11.6 Å². The standard InChI is InChI=1S/C19H17ClN4O2/c1-12-4-3-5-14(20)18(12)23-19-17-9-21-11-24(17)16-7-6-13(10-26-25-2)8-15(16)22-19/h3-9,11H,10H2,1-2H3,(H,22,23). The van der Waals surface area contributed by atoms with Crippen molar-refractivity contribution in [1.29, 1.82) is 0 Å². The van der Waals surface area contributed by atoms with E-state index in [0.717, 1.165) is 33.4 Å². The fourth-order valence-corrected chi connectivity index (χ4v) is 3.19. The van der Waals surface area contributed by atoms with Gasteiger partial charge in [0.15, 0.2) is 5.82 Å². The van der Waals surface area contributed by atoms with Gasteiger partial charge in [-0.3, -0.25) is 4.40 Å². The molecule has 0 spiro atoms. The zero-order valence-corrected chi connectivity index (χ0v) is 15.1. The van der Waals surface area contributed by atoms with E-state index in [0.29, 0.717) is 17.4 Å². The highest BCUT2D eigenvalue weighted by molar-refractivity contribution is 6.33. The molecule has 4 aromatic rings. The third-order valence-electron chi connectivity index (χ3n) is 4.22. The van der Waals surface area contributed by atoms with Gasteiger partial charge in [-0.25, -0.2) is 19.7 Å². The summed E-state index contributed by atoms with van der Waals surface area (Å²) in [6.07, 6.45) is 3.55. The number of aryl methyl sites for hydroxylation is 1. The summed E-state index contributed by atoms with van der Waals surface area (Å²) in [5.41, 5.74) is 5.49. The summed E-state index contributed by atoms with van der Waals surface area (Å²) in [5.74, 6) is 0.691. The maximum absolute atomic E-state index is 6.36. The molecule has 0 saturated heterocycles. The summed E-state index contributed by atoms with van der Waals surface area (Å²) >= 11 is 6.36. The largest absolute Gasteiger partial charge is 0.337 e. The van der Waals surface area contributed by atoms with Crippen LogP contribution in [0, 0.1) is 6.92 Å². The van der Waals surface area contributed by atoms with Gasteiger partial charge in [0.05, 0.1) is 41.4 Å². The number of anilines is 2. The van der Waals surface area contributed by atoms with Gasteiger partial charge in [-0.1, -0.05) is 29.8 Å². The van der Waals surface area contributed by atoms with Gasteiger partial charge >= 0.3 is 0 Å². The van der Waals surface area contributed by atoms with E-state index < -0.39 is 0 Å². The van der Waals surface area contributed by atoms with Crippen LogP contribution in [-0.4, -0.2) is 21.5 Å². The Morgan fingerprint density at radius 3 is 2.88 bits per heavy atom. The Labute approximate surface area is 155 Å². The Morgan fingerprint density at radius 2 is 2.08 bits per heavy atom. The Kier molecular flexibility index (Phi) is 4.46. The number of nitrogens with zero attached hydrogens (tertiary/aromatic N) is 3. The van der Waals surface area contributed by atoms with Crippen LogP contribution in [0.3, 0.4) is 0 Å². The lowest BCUT2D eigenvalue weighted by molar-refractivity contribution is -0.282. The molecule has 0 atom stereocenters. The minimum atomic E-state index is 0.350. The molecule has 0 fully saturated rings. The molecular formula is C19H17ClN4O2. The molecule has 0 saturated carbocycles. The zero-order valence-electron chi connectivity index (χ0n) is 14.4. The number of halogens is 1. The van der Waals surface area contributed by atoms with Crippen molar-refractivity contribution in [3.63, 3.8) is 0 Å². The minimum Gasteiger partial charge on any atom is -0.337 e. The third-order valence-corrected chi connectivity index (χ3v) is 4.54. The Balaban J connectivity index is 1.85. The molecule has 6 nitrogen and oxygen atoms in total. The summed E-state index contributed by atoms with van der Waals surface area (Å²) in [7, 11) is 1.49. The number of benzene rings is 2. The molecule has 0 aliphatic rings. The van der Waals surface area contributed by atoms with Crippen molar-refractivity contribution >= 4 is 39.7 Å². The molecule has 26 heavy (non-hydrogen) atoms. The SMILES string of the molecule is COOCc1ccc2c(c1)nc(Nc1c(C)cccc1Cl)c1cncn12. The number of rotatable bonds is 5. The van der Waals surface area contributed by atoms with Crippen molar-refractivity contribution in [2.45, 2.75) is 13.5 Å². The van der Waals surface area contributed by atoms with Crippen LogP contribution in [0.15, 0.2) is 48.9 Å². The predicted octanol–water partition coefficient (Wildman–Crippen LogP) is 4.67. The molecule has 0 bridgehead atoms. The lowest BCUT2D eigenvalue weighted by Crippen LogP contribution is -2.01. The van der Waals surface area contributed by atoms with Crippen LogP contribution in [0.1, 0.15) is 11.1 Å². The van der Waals surface area contributed by atoms with Crippen molar-refractivity contribution in [3.05, 3.63) is 65.1 Å². The van der Waals surface area contributed by atoms with Gasteiger partial charge in [0.2, 0.25) is 0 Å².